The molecule has 1 heterocycles. The van der Waals surface area contributed by atoms with Crippen LogP contribution in [-0.4, -0.2) is 23.8 Å². The van der Waals surface area contributed by atoms with Gasteiger partial charge in [0, 0.05) is 24.0 Å². The number of rotatable bonds is 3. The molecule has 2 N–H and O–H groups in total. The van der Waals surface area contributed by atoms with Crippen LogP contribution in [0.25, 0.3) is 11.1 Å². The van der Waals surface area contributed by atoms with Gasteiger partial charge in [-0.25, -0.2) is 9.18 Å². The number of carbonyl (C=O) groups is 1. The van der Waals surface area contributed by atoms with E-state index in [2.05, 4.69) is 22.1 Å². The number of nitrogens with one attached hydrogen (secondary N) is 1. The molecular weight excluding hydrogens is 398 g/mol. The molecule has 142 valence electrons. The second kappa shape index (κ2) is 7.78. The number of halogens is 2. The fraction of sp³-hybridized carbons (Fsp3) is 0.0952. The van der Waals surface area contributed by atoms with Gasteiger partial charge in [0.2, 0.25) is 0 Å². The van der Waals surface area contributed by atoms with Gasteiger partial charge < -0.3 is 15.1 Å². The quantitative estimate of drug-likeness (QED) is 0.516. The lowest BCUT2D eigenvalue weighted by atomic mass is 10.0. The molecular formula is C21H17ClFN2O2P. The maximum atomic E-state index is 13.8. The van der Waals surface area contributed by atoms with E-state index in [0.717, 1.165) is 35.8 Å². The molecule has 7 heteroatoms. The van der Waals surface area contributed by atoms with Crippen molar-refractivity contribution in [2.45, 2.75) is 0 Å². The molecule has 0 saturated carbocycles. The summed E-state index contributed by atoms with van der Waals surface area (Å²) in [7, 11) is 0.546. The number of hydrogen-bond acceptors (Lipinski definition) is 3. The highest BCUT2D eigenvalue weighted by Gasteiger charge is 2.20. The van der Waals surface area contributed by atoms with Crippen molar-refractivity contribution in [1.29, 1.82) is 0 Å². The summed E-state index contributed by atoms with van der Waals surface area (Å²) in [6.07, 6.45) is 0.982. The standard InChI is InChI=1S/C21H17ClFN2O2P/c22-17-12-20-19(24-28-9-8-25(20)14-4-2-1-3-5-14)11-15(17)13-6-7-18(23)16(10-13)21(26)27/h1-7,10-12,24,28H,8-9H2,(H,26,27). The third kappa shape index (κ3) is 3.56. The first-order valence-corrected chi connectivity index (χ1v) is 10.3. The Morgan fingerprint density at radius 3 is 2.68 bits per heavy atom. The summed E-state index contributed by atoms with van der Waals surface area (Å²) in [4.78, 5) is 13.5. The predicted octanol–water partition coefficient (Wildman–Crippen LogP) is 6.00. The molecule has 3 aromatic carbocycles. The molecule has 1 atom stereocenters. The van der Waals surface area contributed by atoms with E-state index in [4.69, 9.17) is 11.6 Å². The van der Waals surface area contributed by atoms with Gasteiger partial charge in [-0.05, 0) is 50.7 Å². The third-order valence-electron chi connectivity index (χ3n) is 4.64. The molecule has 3 aromatic rings. The number of nitrogens with zero attached hydrogens (tertiary/aromatic N) is 1. The molecule has 0 saturated heterocycles. The van der Waals surface area contributed by atoms with Gasteiger partial charge in [-0.2, -0.15) is 0 Å². The van der Waals surface area contributed by atoms with Crippen LogP contribution in [-0.2, 0) is 0 Å². The first-order valence-electron chi connectivity index (χ1n) is 8.73. The third-order valence-corrected chi connectivity index (χ3v) is 5.87. The smallest absolute Gasteiger partial charge is 0.338 e. The number of anilines is 3. The van der Waals surface area contributed by atoms with Crippen molar-refractivity contribution >= 4 is 43.4 Å². The van der Waals surface area contributed by atoms with Crippen LogP contribution in [0.2, 0.25) is 5.02 Å². The Balaban J connectivity index is 1.82. The van der Waals surface area contributed by atoms with E-state index >= 15 is 0 Å². The normalized spacial score (nSPS) is 14.3. The first-order chi connectivity index (χ1) is 13.5. The summed E-state index contributed by atoms with van der Waals surface area (Å²) in [5.74, 6) is -2.07. The predicted molar refractivity (Wildman–Crippen MR) is 114 cm³/mol. The van der Waals surface area contributed by atoms with E-state index in [-0.39, 0.29) is 5.56 Å². The molecule has 28 heavy (non-hydrogen) atoms. The monoisotopic (exact) mass is 414 g/mol. The molecule has 1 aliphatic heterocycles. The zero-order valence-electron chi connectivity index (χ0n) is 14.7. The van der Waals surface area contributed by atoms with Crippen LogP contribution in [0.3, 0.4) is 0 Å². The Hall–Kier alpha value is -2.62. The summed E-state index contributed by atoms with van der Waals surface area (Å²) < 4.78 is 13.8. The van der Waals surface area contributed by atoms with Gasteiger partial charge in [0.15, 0.2) is 0 Å². The van der Waals surface area contributed by atoms with Crippen molar-refractivity contribution in [3.8, 4) is 11.1 Å². The number of fused-ring (bicyclic) bond motifs is 1. The average molecular weight is 415 g/mol. The molecule has 0 aromatic heterocycles. The molecule has 0 spiro atoms. The topological polar surface area (TPSA) is 52.6 Å². The van der Waals surface area contributed by atoms with Gasteiger partial charge in [0.25, 0.3) is 0 Å². The van der Waals surface area contributed by atoms with Gasteiger partial charge >= 0.3 is 5.97 Å². The molecule has 0 aliphatic carbocycles. The lowest BCUT2D eigenvalue weighted by Crippen LogP contribution is -2.18. The summed E-state index contributed by atoms with van der Waals surface area (Å²) in [6.45, 7) is 0.859. The van der Waals surface area contributed by atoms with E-state index in [1.807, 2.05) is 30.3 Å². The van der Waals surface area contributed by atoms with Crippen LogP contribution in [0.4, 0.5) is 21.5 Å². The highest BCUT2D eigenvalue weighted by Crippen LogP contribution is 2.43. The van der Waals surface area contributed by atoms with E-state index in [1.54, 1.807) is 6.07 Å². The van der Waals surface area contributed by atoms with Crippen LogP contribution < -0.4 is 9.99 Å². The van der Waals surface area contributed by atoms with Gasteiger partial charge in [-0.15, -0.1) is 0 Å². The minimum absolute atomic E-state index is 0.371. The summed E-state index contributed by atoms with van der Waals surface area (Å²) in [5, 5.41) is 13.1. The van der Waals surface area contributed by atoms with Gasteiger partial charge in [0.1, 0.15) is 5.82 Å². The SMILES string of the molecule is O=C(O)c1cc(-c2cc3c(cc2Cl)N(c2ccccc2)CCPN3)ccc1F. The van der Waals surface area contributed by atoms with E-state index in [1.165, 1.54) is 6.07 Å². The highest BCUT2D eigenvalue weighted by atomic mass is 35.5. The minimum Gasteiger partial charge on any atom is -0.478 e. The molecule has 4 rings (SSSR count). The van der Waals surface area contributed by atoms with Crippen LogP contribution in [0.5, 0.6) is 0 Å². The lowest BCUT2D eigenvalue weighted by Gasteiger charge is -2.25. The number of hydrogen-bond donors (Lipinski definition) is 2. The highest BCUT2D eigenvalue weighted by molar-refractivity contribution is 7.39. The molecule has 0 radical (unpaired) electrons. The summed E-state index contributed by atoms with van der Waals surface area (Å²) >= 11 is 6.58. The Labute approximate surface area is 168 Å². The molecule has 0 amide bonds. The van der Waals surface area contributed by atoms with Gasteiger partial charge in [-0.1, -0.05) is 35.9 Å². The molecule has 1 aliphatic rings. The Bertz CT molecular complexity index is 1050. The van der Waals surface area contributed by atoms with Crippen molar-refractivity contribution in [1.82, 2.24) is 0 Å². The fourth-order valence-electron chi connectivity index (χ4n) is 3.29. The fourth-order valence-corrected chi connectivity index (χ4v) is 4.40. The number of benzene rings is 3. The zero-order valence-corrected chi connectivity index (χ0v) is 16.5. The van der Waals surface area contributed by atoms with Crippen LogP contribution >= 0.6 is 20.3 Å². The van der Waals surface area contributed by atoms with Gasteiger partial charge in [-0.3, -0.25) is 0 Å². The number of para-hydroxylation sites is 1. The van der Waals surface area contributed by atoms with Crippen molar-refractivity contribution in [3.05, 3.63) is 77.1 Å². The maximum absolute atomic E-state index is 13.8. The second-order valence-corrected chi connectivity index (χ2v) is 7.90. The Kier molecular flexibility index (Phi) is 5.21. The number of aromatic carboxylic acids is 1. The zero-order chi connectivity index (χ0) is 19.7. The van der Waals surface area contributed by atoms with Crippen LogP contribution in [0, 0.1) is 5.82 Å². The molecule has 1 unspecified atom stereocenters. The molecule has 0 bridgehead atoms. The first kappa shape index (κ1) is 18.7. The Morgan fingerprint density at radius 2 is 1.93 bits per heavy atom. The van der Waals surface area contributed by atoms with Crippen molar-refractivity contribution in [3.63, 3.8) is 0 Å². The minimum atomic E-state index is -1.31. The van der Waals surface area contributed by atoms with Gasteiger partial charge in [0.05, 0.1) is 22.0 Å². The summed E-state index contributed by atoms with van der Waals surface area (Å²) in [5.41, 5.74) is 3.81. The number of carboxylic acids is 1. The lowest BCUT2D eigenvalue weighted by molar-refractivity contribution is 0.0692. The summed E-state index contributed by atoms with van der Waals surface area (Å²) in [6, 6.07) is 17.9. The van der Waals surface area contributed by atoms with E-state index < -0.39 is 11.8 Å². The van der Waals surface area contributed by atoms with E-state index in [9.17, 15) is 14.3 Å². The van der Waals surface area contributed by atoms with Crippen molar-refractivity contribution in [2.75, 3.05) is 22.7 Å². The molecule has 0 fully saturated rings. The van der Waals surface area contributed by atoms with Crippen molar-refractivity contribution in [2.24, 2.45) is 0 Å². The maximum Gasteiger partial charge on any atom is 0.338 e. The van der Waals surface area contributed by atoms with Crippen molar-refractivity contribution < 1.29 is 14.3 Å². The largest absolute Gasteiger partial charge is 0.478 e. The van der Waals surface area contributed by atoms with Crippen LogP contribution in [0.1, 0.15) is 10.4 Å². The second-order valence-electron chi connectivity index (χ2n) is 6.39. The van der Waals surface area contributed by atoms with Crippen LogP contribution in [0.15, 0.2) is 60.7 Å². The average Bonchev–Trinajstić information content (AvgIpc) is 2.90. The number of carboxylic acid groups (broad SMARTS) is 1. The Morgan fingerprint density at radius 1 is 1.14 bits per heavy atom. The van der Waals surface area contributed by atoms with E-state index in [0.29, 0.717) is 24.9 Å². The molecule has 4 nitrogen and oxygen atoms in total.